The van der Waals surface area contributed by atoms with E-state index >= 15 is 0 Å². The van der Waals surface area contributed by atoms with E-state index in [0.29, 0.717) is 18.7 Å². The number of aromatic nitrogens is 1. The molecule has 2 fully saturated rings. The van der Waals surface area contributed by atoms with Crippen LogP contribution in [-0.4, -0.2) is 42.5 Å². The number of benzene rings is 1. The highest BCUT2D eigenvalue weighted by molar-refractivity contribution is 7.89. The minimum absolute atomic E-state index is 0.248. The van der Waals surface area contributed by atoms with Crippen LogP contribution in [0.2, 0.25) is 0 Å². The molecule has 2 aliphatic rings. The first-order chi connectivity index (χ1) is 16.4. The molecule has 1 aromatic carbocycles. The Morgan fingerprint density at radius 2 is 1.91 bits per heavy atom. The van der Waals surface area contributed by atoms with Crippen molar-refractivity contribution in [2.24, 2.45) is 11.7 Å². The highest BCUT2D eigenvalue weighted by atomic mass is 32.2. The van der Waals surface area contributed by atoms with Gasteiger partial charge in [-0.2, -0.15) is 0 Å². The maximum Gasteiger partial charge on any atom is 0.250 e. The number of thiophene rings is 1. The quantitative estimate of drug-likeness (QED) is 0.430. The summed E-state index contributed by atoms with van der Waals surface area (Å²) in [5, 5.41) is 3.03. The minimum atomic E-state index is -3.20. The van der Waals surface area contributed by atoms with Gasteiger partial charge < -0.3 is 10.7 Å². The van der Waals surface area contributed by atoms with Crippen LogP contribution < -0.4 is 5.73 Å². The summed E-state index contributed by atoms with van der Waals surface area (Å²) in [5.41, 5.74) is 9.10. The van der Waals surface area contributed by atoms with Crippen molar-refractivity contribution in [1.29, 1.82) is 0 Å². The number of carbonyl (C=O) groups is 1. The Hall–Kier alpha value is -2.16. The summed E-state index contributed by atoms with van der Waals surface area (Å²) in [6, 6.07) is 8.03. The van der Waals surface area contributed by atoms with Crippen molar-refractivity contribution in [3.8, 4) is 10.4 Å². The Balaban J connectivity index is 1.30. The molecule has 8 heteroatoms. The van der Waals surface area contributed by atoms with Crippen molar-refractivity contribution in [2.45, 2.75) is 57.3 Å². The van der Waals surface area contributed by atoms with Gasteiger partial charge in [-0.1, -0.05) is 31.7 Å². The molecule has 0 bridgehead atoms. The van der Waals surface area contributed by atoms with E-state index in [1.54, 1.807) is 15.6 Å². The monoisotopic (exact) mass is 499 g/mol. The van der Waals surface area contributed by atoms with Crippen LogP contribution in [0.1, 0.15) is 73.2 Å². The standard InChI is InChI=1S/C26H33N3O3S2/c27-26(30)22-16-20(24-8-3-13-33-24)15-21-23(17-28-25(21)22)19-9-11-29(12-10-19)34(31,32)14-4-7-18-5-1-2-6-18/h3,8,13,15-19,28H,1-2,4-7,9-12,14H2,(H2,27,30). The number of hydrogen-bond donors (Lipinski definition) is 2. The molecule has 1 saturated carbocycles. The second-order valence-electron chi connectivity index (χ2n) is 9.81. The van der Waals surface area contributed by atoms with E-state index in [4.69, 9.17) is 5.73 Å². The van der Waals surface area contributed by atoms with Crippen LogP contribution in [0.25, 0.3) is 21.3 Å². The number of piperidine rings is 1. The molecular formula is C26H33N3O3S2. The summed E-state index contributed by atoms with van der Waals surface area (Å²) >= 11 is 1.63. The van der Waals surface area contributed by atoms with Crippen LogP contribution in [0.3, 0.4) is 0 Å². The van der Waals surface area contributed by atoms with E-state index in [1.807, 2.05) is 29.8 Å². The Kier molecular flexibility index (Phi) is 6.82. The van der Waals surface area contributed by atoms with Crippen LogP contribution in [0.4, 0.5) is 0 Å². The topological polar surface area (TPSA) is 96.3 Å². The fraction of sp³-hybridized carbons (Fsp3) is 0.500. The number of hydrogen-bond acceptors (Lipinski definition) is 4. The van der Waals surface area contributed by atoms with E-state index in [0.717, 1.165) is 58.5 Å². The molecule has 1 saturated heterocycles. The molecule has 0 unspecified atom stereocenters. The van der Waals surface area contributed by atoms with E-state index in [-0.39, 0.29) is 11.7 Å². The van der Waals surface area contributed by atoms with Crippen LogP contribution >= 0.6 is 11.3 Å². The van der Waals surface area contributed by atoms with Gasteiger partial charge in [0.15, 0.2) is 0 Å². The van der Waals surface area contributed by atoms with Crippen molar-refractivity contribution < 1.29 is 13.2 Å². The lowest BCUT2D eigenvalue weighted by molar-refractivity contribution is 0.100. The molecule has 0 spiro atoms. The van der Waals surface area contributed by atoms with E-state index in [2.05, 4.69) is 11.1 Å². The number of rotatable bonds is 8. The van der Waals surface area contributed by atoms with Crippen molar-refractivity contribution in [1.82, 2.24) is 9.29 Å². The number of amides is 1. The SMILES string of the molecule is NC(=O)c1cc(-c2cccs2)cc2c(C3CCN(S(=O)(=O)CCCC4CCCC4)CC3)c[nH]c12. The van der Waals surface area contributed by atoms with Crippen molar-refractivity contribution in [3.63, 3.8) is 0 Å². The number of carbonyl (C=O) groups excluding carboxylic acids is 1. The number of fused-ring (bicyclic) bond motifs is 1. The summed E-state index contributed by atoms with van der Waals surface area (Å²) in [7, 11) is -3.20. The van der Waals surface area contributed by atoms with Crippen molar-refractivity contribution in [2.75, 3.05) is 18.8 Å². The first kappa shape index (κ1) is 23.6. The van der Waals surface area contributed by atoms with Gasteiger partial charge in [0.1, 0.15) is 0 Å². The van der Waals surface area contributed by atoms with Gasteiger partial charge in [0.05, 0.1) is 16.8 Å². The summed E-state index contributed by atoms with van der Waals surface area (Å²) < 4.78 is 27.6. The second kappa shape index (κ2) is 9.84. The van der Waals surface area contributed by atoms with Gasteiger partial charge in [-0.3, -0.25) is 4.79 Å². The minimum Gasteiger partial charge on any atom is -0.366 e. The van der Waals surface area contributed by atoms with E-state index in [9.17, 15) is 13.2 Å². The number of aromatic amines is 1. The van der Waals surface area contributed by atoms with Gasteiger partial charge in [-0.25, -0.2) is 12.7 Å². The predicted octanol–water partition coefficient (Wildman–Crippen LogP) is 5.47. The van der Waals surface area contributed by atoms with E-state index in [1.165, 1.54) is 25.7 Å². The second-order valence-corrected chi connectivity index (χ2v) is 12.9. The average molecular weight is 500 g/mol. The van der Waals surface area contributed by atoms with Gasteiger partial charge in [0.25, 0.3) is 5.91 Å². The molecule has 1 aliphatic carbocycles. The molecular weight excluding hydrogens is 466 g/mol. The first-order valence-corrected chi connectivity index (χ1v) is 14.9. The third kappa shape index (κ3) is 4.81. The number of nitrogens with zero attached hydrogens (tertiary/aromatic N) is 1. The normalized spacial score (nSPS) is 18.7. The van der Waals surface area contributed by atoms with Crippen LogP contribution in [0, 0.1) is 5.92 Å². The Bertz CT molecular complexity index is 1250. The molecule has 0 atom stereocenters. The Morgan fingerprint density at radius 3 is 2.59 bits per heavy atom. The molecule has 1 aliphatic heterocycles. The van der Waals surface area contributed by atoms with Gasteiger partial charge >= 0.3 is 0 Å². The zero-order chi connectivity index (χ0) is 23.7. The lowest BCUT2D eigenvalue weighted by atomic mass is 9.89. The summed E-state index contributed by atoms with van der Waals surface area (Å²) in [4.78, 5) is 16.5. The number of H-pyrrole nitrogens is 1. The smallest absolute Gasteiger partial charge is 0.250 e. The highest BCUT2D eigenvalue weighted by Gasteiger charge is 2.30. The van der Waals surface area contributed by atoms with Crippen molar-refractivity contribution >= 4 is 38.2 Å². The summed E-state index contributed by atoms with van der Waals surface area (Å²) in [6.07, 6.45) is 10.5. The molecule has 0 radical (unpaired) electrons. The van der Waals surface area contributed by atoms with Gasteiger partial charge in [-0.05, 0) is 72.2 Å². The molecule has 6 nitrogen and oxygen atoms in total. The number of sulfonamides is 1. The average Bonchev–Trinajstić information content (AvgIpc) is 3.60. The summed E-state index contributed by atoms with van der Waals surface area (Å²) in [6.45, 7) is 1.10. The lowest BCUT2D eigenvalue weighted by Gasteiger charge is -2.31. The number of nitrogens with one attached hydrogen (secondary N) is 1. The molecule has 34 heavy (non-hydrogen) atoms. The number of primary amides is 1. The van der Waals surface area contributed by atoms with Crippen LogP contribution in [0.5, 0.6) is 0 Å². The summed E-state index contributed by atoms with van der Waals surface area (Å²) in [5.74, 6) is 0.799. The van der Waals surface area contributed by atoms with Crippen molar-refractivity contribution in [3.05, 3.63) is 47.0 Å². The van der Waals surface area contributed by atoms with Gasteiger partial charge in [-0.15, -0.1) is 11.3 Å². The Labute approximate surface area is 205 Å². The molecule has 3 aromatic rings. The molecule has 1 amide bonds. The Morgan fingerprint density at radius 1 is 1.15 bits per heavy atom. The maximum absolute atomic E-state index is 12.9. The van der Waals surface area contributed by atoms with Gasteiger partial charge in [0.2, 0.25) is 10.0 Å². The molecule has 5 rings (SSSR count). The van der Waals surface area contributed by atoms with Gasteiger partial charge in [0, 0.05) is 29.5 Å². The first-order valence-electron chi connectivity index (χ1n) is 12.4. The lowest BCUT2D eigenvalue weighted by Crippen LogP contribution is -2.39. The molecule has 182 valence electrons. The predicted molar refractivity (Wildman–Crippen MR) is 139 cm³/mol. The van der Waals surface area contributed by atoms with E-state index < -0.39 is 15.9 Å². The maximum atomic E-state index is 12.9. The fourth-order valence-corrected chi connectivity index (χ4v) is 8.07. The van der Waals surface area contributed by atoms with Crippen LogP contribution in [-0.2, 0) is 10.0 Å². The fourth-order valence-electron chi connectivity index (χ4n) is 5.80. The number of nitrogens with two attached hydrogens (primary N) is 1. The van der Waals surface area contributed by atoms with Crippen LogP contribution in [0.15, 0.2) is 35.8 Å². The molecule has 3 heterocycles. The molecule has 2 aromatic heterocycles. The third-order valence-electron chi connectivity index (χ3n) is 7.67. The largest absolute Gasteiger partial charge is 0.366 e. The third-order valence-corrected chi connectivity index (χ3v) is 10.5. The highest BCUT2D eigenvalue weighted by Crippen LogP contribution is 2.38. The molecule has 3 N–H and O–H groups in total. The zero-order valence-corrected chi connectivity index (χ0v) is 21.1. The zero-order valence-electron chi connectivity index (χ0n) is 19.5.